The molecule has 0 radical (unpaired) electrons. The van der Waals surface area contributed by atoms with Crippen molar-refractivity contribution in [3.8, 4) is 0 Å². The Morgan fingerprint density at radius 2 is 1.86 bits per heavy atom. The topological polar surface area (TPSA) is 103 Å². The predicted octanol–water partition coefficient (Wildman–Crippen LogP) is 4.50. The van der Waals surface area contributed by atoms with Gasteiger partial charge in [-0.3, -0.25) is 0 Å². The van der Waals surface area contributed by atoms with Gasteiger partial charge in [-0.15, -0.1) is 5.11 Å². The van der Waals surface area contributed by atoms with E-state index in [1.807, 2.05) is 6.07 Å². The van der Waals surface area contributed by atoms with E-state index >= 15 is 0 Å². The van der Waals surface area contributed by atoms with Crippen molar-refractivity contribution in [2.24, 2.45) is 17.3 Å². The number of benzene rings is 1. The molecule has 29 heavy (non-hydrogen) atoms. The van der Waals surface area contributed by atoms with Crippen LogP contribution in [0.2, 0.25) is 0 Å². The monoisotopic (exact) mass is 455 g/mol. The third-order valence-electron chi connectivity index (χ3n) is 4.18. The Kier molecular flexibility index (Phi) is 6.96. The summed E-state index contributed by atoms with van der Waals surface area (Å²) in [6.07, 6.45) is 3.19. The molecule has 0 N–H and O–H groups in total. The van der Waals surface area contributed by atoms with Crippen LogP contribution in [0.5, 0.6) is 0 Å². The minimum atomic E-state index is -3.64. The first-order chi connectivity index (χ1) is 13.3. The maximum absolute atomic E-state index is 11.7. The molecule has 2 heterocycles. The van der Waals surface area contributed by atoms with Crippen LogP contribution in [0.15, 0.2) is 28.4 Å². The van der Waals surface area contributed by atoms with Crippen LogP contribution in [0.3, 0.4) is 0 Å². The Balaban J connectivity index is 0.00000300. The van der Waals surface area contributed by atoms with E-state index in [0.717, 1.165) is 37.9 Å². The normalized spacial score (nSPS) is 13.7. The summed E-state index contributed by atoms with van der Waals surface area (Å²) in [5.41, 5.74) is 1.31. The molecule has 1 saturated heterocycles. The Morgan fingerprint density at radius 3 is 2.41 bits per heavy atom. The summed E-state index contributed by atoms with van der Waals surface area (Å²) in [4.78, 5) is 12.6. The van der Waals surface area contributed by atoms with Gasteiger partial charge in [-0.05, 0) is 25.0 Å². The van der Waals surface area contributed by atoms with Crippen LogP contribution in [0, 0.1) is 13.1 Å². The third-order valence-corrected chi connectivity index (χ3v) is 4.71. The zero-order valence-corrected chi connectivity index (χ0v) is 17.5. The maximum atomic E-state index is 11.7. The number of aromatic nitrogens is 2. The molecule has 3 rings (SSSR count). The number of sulfonamides is 1. The molecule has 1 aromatic carbocycles. The van der Waals surface area contributed by atoms with Crippen molar-refractivity contribution in [3.05, 3.63) is 45.8 Å². The number of imidazole rings is 1. The number of hydrogen-bond acceptors (Lipinski definition) is 6. The summed E-state index contributed by atoms with van der Waals surface area (Å²) in [5.74, 6) is 0.0807. The minimum Gasteiger partial charge on any atom is -0.575 e. The van der Waals surface area contributed by atoms with E-state index in [0.29, 0.717) is 0 Å². The van der Waals surface area contributed by atoms with Crippen LogP contribution in [0.4, 0.5) is 34.6 Å². The molecule has 0 saturated carbocycles. The number of rotatable bonds is 5. The molecule has 12 heteroatoms. The van der Waals surface area contributed by atoms with Crippen LogP contribution in [0.1, 0.15) is 12.8 Å². The van der Waals surface area contributed by atoms with Crippen LogP contribution in [-0.2, 0) is 33.6 Å². The number of nitrogens with zero attached hydrogens (tertiary/aromatic N) is 8. The van der Waals surface area contributed by atoms with Crippen molar-refractivity contribution in [3.63, 3.8) is 0 Å². The van der Waals surface area contributed by atoms with E-state index in [1.165, 1.54) is 4.57 Å². The number of anilines is 1. The summed E-state index contributed by atoms with van der Waals surface area (Å²) >= 11 is 0. The summed E-state index contributed by atoms with van der Waals surface area (Å²) < 4.78 is 28.5. The van der Waals surface area contributed by atoms with Gasteiger partial charge in [0.1, 0.15) is 0 Å². The zero-order chi connectivity index (χ0) is 20.3. The first kappa shape index (κ1) is 22.3. The molecule has 1 aliphatic heterocycles. The molecule has 10 nitrogen and oxygen atoms in total. The Labute approximate surface area is 179 Å². The molecule has 0 bridgehead atoms. The van der Waals surface area contributed by atoms with E-state index < -0.39 is 10.0 Å². The molecule has 0 amide bonds. The van der Waals surface area contributed by atoms with Crippen molar-refractivity contribution in [2.45, 2.75) is 12.8 Å². The quantitative estimate of drug-likeness (QED) is 0.376. The second-order valence-electron chi connectivity index (χ2n) is 6.23. The second kappa shape index (κ2) is 9.04. The molecule has 152 valence electrons. The van der Waals surface area contributed by atoms with Gasteiger partial charge in [0.25, 0.3) is 11.6 Å². The van der Waals surface area contributed by atoms with Crippen LogP contribution >= 0.6 is 0 Å². The molecule has 1 aliphatic rings. The molecule has 0 spiro atoms. The molecule has 0 atom stereocenters. The third kappa shape index (κ3) is 5.11. The molecular weight excluding hydrogens is 439 g/mol. The van der Waals surface area contributed by atoms with Crippen LogP contribution in [-0.4, -0.2) is 37.3 Å². The fraction of sp³-hybridized carbons (Fsp3) is 0.353. The average molecular weight is 456 g/mol. The van der Waals surface area contributed by atoms with E-state index in [1.54, 1.807) is 19.2 Å². The van der Waals surface area contributed by atoms with Gasteiger partial charge < -0.3 is 19.3 Å². The fourth-order valence-electron chi connectivity index (χ4n) is 2.87. The van der Waals surface area contributed by atoms with Crippen LogP contribution < -0.4 is 4.90 Å². The SMILES string of the molecule is [C-]#[N+]c1nc(N=Nc2ccc(N3CCCC3)cc2[N-]S(C)(=O)=O)n(C)c1[N+]#[C-].[Ni+2]. The first-order valence-electron chi connectivity index (χ1n) is 8.38. The van der Waals surface area contributed by atoms with Gasteiger partial charge in [-0.2, -0.15) is 0 Å². The largest absolute Gasteiger partial charge is 2.00 e. The van der Waals surface area contributed by atoms with Gasteiger partial charge >= 0.3 is 22.4 Å². The predicted molar refractivity (Wildman–Crippen MR) is 106 cm³/mol. The molecule has 1 aromatic heterocycles. The van der Waals surface area contributed by atoms with Gasteiger partial charge in [0.2, 0.25) is 0 Å². The molecular formula is C17H17N8NiO2S+. The first-order valence-corrected chi connectivity index (χ1v) is 10.2. The van der Waals surface area contributed by atoms with Crippen molar-refractivity contribution < 1.29 is 24.9 Å². The smallest absolute Gasteiger partial charge is 0.575 e. The number of azo groups is 1. The van der Waals surface area contributed by atoms with Crippen molar-refractivity contribution in [1.82, 2.24) is 9.55 Å². The summed E-state index contributed by atoms with van der Waals surface area (Å²) in [6.45, 7) is 16.0. The molecule has 0 unspecified atom stereocenters. The fourth-order valence-corrected chi connectivity index (χ4v) is 3.38. The van der Waals surface area contributed by atoms with Crippen molar-refractivity contribution in [1.29, 1.82) is 0 Å². The van der Waals surface area contributed by atoms with E-state index in [-0.39, 0.29) is 45.5 Å². The molecule has 2 aromatic rings. The van der Waals surface area contributed by atoms with E-state index in [2.05, 4.69) is 34.5 Å². The second-order valence-corrected chi connectivity index (χ2v) is 7.88. The van der Waals surface area contributed by atoms with Gasteiger partial charge in [-0.25, -0.2) is 13.0 Å². The summed E-state index contributed by atoms with van der Waals surface area (Å²) in [5, 5.41) is 8.06. The average Bonchev–Trinajstić information content (AvgIpc) is 3.27. The van der Waals surface area contributed by atoms with Crippen molar-refractivity contribution >= 4 is 44.7 Å². The van der Waals surface area contributed by atoms with Gasteiger partial charge in [0.05, 0.1) is 22.8 Å². The van der Waals surface area contributed by atoms with Crippen LogP contribution in [0.25, 0.3) is 14.4 Å². The zero-order valence-electron chi connectivity index (χ0n) is 15.7. The van der Waals surface area contributed by atoms with Gasteiger partial charge in [-0.1, -0.05) is 35.0 Å². The van der Waals surface area contributed by atoms with E-state index in [9.17, 15) is 8.42 Å². The Hall–Kier alpha value is -2.95. The standard InChI is InChI=1S/C17H17N8O2S.Ni/c1-18-15-16(19-2)24(3)17(20-15)22-21-13-8-7-12(25-9-5-6-10-25)11-14(13)23-28(4,26)27;/h7-8,11H,5-6,9-10H2,3-4H3;/q-1;+2. The van der Waals surface area contributed by atoms with Gasteiger partial charge in [0, 0.05) is 25.0 Å². The van der Waals surface area contributed by atoms with E-state index in [4.69, 9.17) is 13.1 Å². The minimum absolute atomic E-state index is 0. The molecule has 1 fully saturated rings. The molecule has 0 aliphatic carbocycles. The number of hydrogen-bond donors (Lipinski definition) is 0. The Morgan fingerprint density at radius 1 is 1.17 bits per heavy atom. The summed E-state index contributed by atoms with van der Waals surface area (Å²) in [7, 11) is -2.08. The van der Waals surface area contributed by atoms with Crippen molar-refractivity contribution in [2.75, 3.05) is 24.2 Å². The summed E-state index contributed by atoms with van der Waals surface area (Å²) in [6, 6.07) is 5.17. The van der Waals surface area contributed by atoms with Gasteiger partial charge in [0.15, 0.2) is 0 Å². The maximum Gasteiger partial charge on any atom is 2.00 e. The Bertz CT molecular complexity index is 1120.